The van der Waals surface area contributed by atoms with Gasteiger partial charge in [-0.25, -0.2) is 5.43 Å². The summed E-state index contributed by atoms with van der Waals surface area (Å²) in [7, 11) is 4.49. The lowest BCUT2D eigenvalue weighted by atomic mass is 10.2. The van der Waals surface area contributed by atoms with E-state index < -0.39 is 11.8 Å². The van der Waals surface area contributed by atoms with E-state index >= 15 is 0 Å². The van der Waals surface area contributed by atoms with Crippen molar-refractivity contribution in [1.29, 1.82) is 0 Å². The average Bonchev–Trinajstić information content (AvgIpc) is 2.71. The minimum Gasteiger partial charge on any atom is -0.495 e. The van der Waals surface area contributed by atoms with Gasteiger partial charge in [0, 0.05) is 5.56 Å². The molecule has 0 saturated carbocycles. The first-order valence-corrected chi connectivity index (χ1v) is 8.52. The number of carbonyl (C=O) groups excluding carboxylic acids is 2. The average molecular weight is 406 g/mol. The van der Waals surface area contributed by atoms with E-state index in [1.807, 2.05) is 0 Å². The Hall–Kier alpha value is -3.26. The fourth-order valence-corrected chi connectivity index (χ4v) is 2.49. The molecule has 0 atom stereocenters. The van der Waals surface area contributed by atoms with Crippen LogP contribution < -0.4 is 25.0 Å². The number of nitrogens with one attached hydrogen (secondary N) is 2. The molecule has 28 heavy (non-hydrogen) atoms. The molecule has 0 spiro atoms. The SMILES string of the molecule is COc1ccc(C=NNC(=O)CNC(=O)c2ccc(OC)c(OC)c2)cc1Cl. The smallest absolute Gasteiger partial charge is 0.259 e. The van der Waals surface area contributed by atoms with Gasteiger partial charge in [0.1, 0.15) is 5.75 Å². The zero-order valence-electron chi connectivity index (χ0n) is 15.6. The second-order valence-electron chi connectivity index (χ2n) is 5.44. The van der Waals surface area contributed by atoms with Crippen molar-refractivity contribution >= 4 is 29.6 Å². The maximum absolute atomic E-state index is 12.2. The predicted molar refractivity (Wildman–Crippen MR) is 106 cm³/mol. The van der Waals surface area contributed by atoms with Crippen LogP contribution in [0.5, 0.6) is 17.2 Å². The Morgan fingerprint density at radius 3 is 2.32 bits per heavy atom. The summed E-state index contributed by atoms with van der Waals surface area (Å²) in [4.78, 5) is 24.0. The van der Waals surface area contributed by atoms with E-state index in [1.165, 1.54) is 33.6 Å². The molecule has 2 amide bonds. The highest BCUT2D eigenvalue weighted by atomic mass is 35.5. The molecule has 0 aliphatic rings. The molecule has 0 heterocycles. The molecule has 148 valence electrons. The van der Waals surface area contributed by atoms with E-state index in [1.54, 1.807) is 30.3 Å². The Bertz CT molecular complexity index is 886. The number of amides is 2. The quantitative estimate of drug-likeness (QED) is 0.518. The van der Waals surface area contributed by atoms with Gasteiger partial charge in [0.15, 0.2) is 11.5 Å². The second kappa shape index (κ2) is 10.2. The van der Waals surface area contributed by atoms with Crippen molar-refractivity contribution in [2.24, 2.45) is 5.10 Å². The fourth-order valence-electron chi connectivity index (χ4n) is 2.22. The fraction of sp³-hybridized carbons (Fsp3) is 0.211. The van der Waals surface area contributed by atoms with Gasteiger partial charge in [-0.2, -0.15) is 5.10 Å². The molecule has 8 nitrogen and oxygen atoms in total. The van der Waals surface area contributed by atoms with Crippen LogP contribution in [0.2, 0.25) is 5.02 Å². The van der Waals surface area contributed by atoms with Crippen molar-refractivity contribution < 1.29 is 23.8 Å². The first-order chi connectivity index (χ1) is 13.5. The van der Waals surface area contributed by atoms with Crippen molar-refractivity contribution in [3.63, 3.8) is 0 Å². The monoisotopic (exact) mass is 405 g/mol. The van der Waals surface area contributed by atoms with Crippen LogP contribution in [0.25, 0.3) is 0 Å². The number of halogens is 1. The molecule has 0 aliphatic carbocycles. The molecular formula is C19H20ClN3O5. The third-order valence-electron chi connectivity index (χ3n) is 3.63. The molecule has 0 aliphatic heterocycles. The standard InChI is InChI=1S/C19H20ClN3O5/c1-26-15-6-4-12(8-14(15)20)10-22-23-18(24)11-21-19(25)13-5-7-16(27-2)17(9-13)28-3/h4-10H,11H2,1-3H3,(H,21,25)(H,23,24). The Morgan fingerprint density at radius 2 is 1.68 bits per heavy atom. The number of hydrazone groups is 1. The van der Waals surface area contributed by atoms with Crippen LogP contribution in [0.3, 0.4) is 0 Å². The predicted octanol–water partition coefficient (Wildman–Crippen LogP) is 2.25. The van der Waals surface area contributed by atoms with Crippen LogP contribution in [-0.2, 0) is 4.79 Å². The maximum atomic E-state index is 12.2. The van der Waals surface area contributed by atoms with Gasteiger partial charge in [0.05, 0.1) is 39.1 Å². The van der Waals surface area contributed by atoms with Gasteiger partial charge in [-0.1, -0.05) is 11.6 Å². The van der Waals surface area contributed by atoms with E-state index in [-0.39, 0.29) is 6.54 Å². The van der Waals surface area contributed by atoms with Crippen molar-refractivity contribution in [3.05, 3.63) is 52.5 Å². The summed E-state index contributed by atoms with van der Waals surface area (Å²) < 4.78 is 15.3. The van der Waals surface area contributed by atoms with E-state index in [0.717, 1.165) is 0 Å². The number of ether oxygens (including phenoxy) is 3. The summed E-state index contributed by atoms with van der Waals surface area (Å²) in [5.74, 6) is 0.555. The van der Waals surface area contributed by atoms with Crippen molar-refractivity contribution in [2.45, 2.75) is 0 Å². The Kier molecular flexibility index (Phi) is 7.65. The highest BCUT2D eigenvalue weighted by Crippen LogP contribution is 2.27. The molecule has 2 aromatic rings. The molecule has 0 unspecified atom stereocenters. The molecule has 2 N–H and O–H groups in total. The van der Waals surface area contributed by atoms with Crippen molar-refractivity contribution in [1.82, 2.24) is 10.7 Å². The van der Waals surface area contributed by atoms with Gasteiger partial charge < -0.3 is 19.5 Å². The lowest BCUT2D eigenvalue weighted by Gasteiger charge is -2.09. The molecule has 0 bridgehead atoms. The maximum Gasteiger partial charge on any atom is 0.259 e. The molecule has 0 radical (unpaired) electrons. The van der Waals surface area contributed by atoms with Crippen LogP contribution >= 0.6 is 11.6 Å². The topological polar surface area (TPSA) is 98.2 Å². The number of benzene rings is 2. The molecule has 2 rings (SSSR count). The highest BCUT2D eigenvalue weighted by Gasteiger charge is 2.11. The Balaban J connectivity index is 1.86. The van der Waals surface area contributed by atoms with Gasteiger partial charge in [-0.15, -0.1) is 0 Å². The van der Waals surface area contributed by atoms with Crippen molar-refractivity contribution in [2.75, 3.05) is 27.9 Å². The number of methoxy groups -OCH3 is 3. The molecule has 9 heteroatoms. The van der Waals surface area contributed by atoms with Gasteiger partial charge >= 0.3 is 0 Å². The van der Waals surface area contributed by atoms with Gasteiger partial charge in [-0.3, -0.25) is 9.59 Å². The molecule has 2 aromatic carbocycles. The van der Waals surface area contributed by atoms with E-state index in [9.17, 15) is 9.59 Å². The molecule has 0 aromatic heterocycles. The van der Waals surface area contributed by atoms with Crippen LogP contribution in [0.1, 0.15) is 15.9 Å². The molecular weight excluding hydrogens is 386 g/mol. The largest absolute Gasteiger partial charge is 0.495 e. The lowest BCUT2D eigenvalue weighted by Crippen LogP contribution is -2.34. The minimum absolute atomic E-state index is 0.242. The van der Waals surface area contributed by atoms with Gasteiger partial charge in [-0.05, 0) is 42.0 Å². The van der Waals surface area contributed by atoms with Crippen LogP contribution in [0.15, 0.2) is 41.5 Å². The van der Waals surface area contributed by atoms with Gasteiger partial charge in [0.2, 0.25) is 0 Å². The van der Waals surface area contributed by atoms with Crippen LogP contribution in [0.4, 0.5) is 0 Å². The summed E-state index contributed by atoms with van der Waals surface area (Å²) >= 11 is 6.02. The second-order valence-corrected chi connectivity index (χ2v) is 5.85. The minimum atomic E-state index is -0.482. The number of hydrogen-bond acceptors (Lipinski definition) is 6. The van der Waals surface area contributed by atoms with E-state index in [2.05, 4.69) is 15.8 Å². The highest BCUT2D eigenvalue weighted by molar-refractivity contribution is 6.32. The molecule has 0 fully saturated rings. The van der Waals surface area contributed by atoms with E-state index in [4.69, 9.17) is 25.8 Å². The first-order valence-electron chi connectivity index (χ1n) is 8.14. The van der Waals surface area contributed by atoms with Crippen LogP contribution in [0, 0.1) is 0 Å². The Morgan fingerprint density at radius 1 is 1.00 bits per heavy atom. The molecule has 0 saturated heterocycles. The van der Waals surface area contributed by atoms with Gasteiger partial charge in [0.25, 0.3) is 11.8 Å². The lowest BCUT2D eigenvalue weighted by molar-refractivity contribution is -0.120. The van der Waals surface area contributed by atoms with E-state index in [0.29, 0.717) is 33.4 Å². The van der Waals surface area contributed by atoms with Crippen LogP contribution in [-0.4, -0.2) is 45.9 Å². The summed E-state index contributed by atoms with van der Waals surface area (Å²) in [6.07, 6.45) is 1.43. The third-order valence-corrected chi connectivity index (χ3v) is 3.93. The summed E-state index contributed by atoms with van der Waals surface area (Å²) in [6.45, 7) is -0.242. The summed E-state index contributed by atoms with van der Waals surface area (Å²) in [6, 6.07) is 9.78. The summed E-state index contributed by atoms with van der Waals surface area (Å²) in [5, 5.41) is 6.76. The zero-order valence-corrected chi connectivity index (χ0v) is 16.4. The van der Waals surface area contributed by atoms with Crippen molar-refractivity contribution in [3.8, 4) is 17.2 Å². The number of hydrogen-bond donors (Lipinski definition) is 2. The number of carbonyl (C=O) groups is 2. The number of nitrogens with zero attached hydrogens (tertiary/aromatic N) is 1. The third kappa shape index (κ3) is 5.62. The zero-order chi connectivity index (χ0) is 20.5. The summed E-state index contributed by atoms with van der Waals surface area (Å²) in [5.41, 5.74) is 3.34. The number of rotatable bonds is 8. The Labute approximate surface area is 167 Å². The first kappa shape index (κ1) is 21.0. The normalized spacial score (nSPS) is 10.4.